The van der Waals surface area contributed by atoms with E-state index in [1.165, 1.54) is 18.2 Å². The Morgan fingerprint density at radius 1 is 0.425 bits per heavy atom. The predicted octanol–water partition coefficient (Wildman–Crippen LogP) is 9.80. The highest BCUT2D eigenvalue weighted by atomic mass is 16.6. The first-order valence-corrected chi connectivity index (χ1v) is 27.7. The van der Waals surface area contributed by atoms with Crippen LogP contribution in [0.4, 0.5) is 0 Å². The Morgan fingerprint density at radius 2 is 0.825 bits per heavy atom. The molecule has 19 nitrogen and oxygen atoms in total. The number of hydrogen-bond donors (Lipinski definition) is 0. The van der Waals surface area contributed by atoms with Crippen molar-refractivity contribution in [1.82, 2.24) is 0 Å². The van der Waals surface area contributed by atoms with Crippen LogP contribution in [-0.4, -0.2) is 115 Å². The van der Waals surface area contributed by atoms with Crippen LogP contribution in [-0.2, 0) is 57.2 Å². The number of carbonyl (C=O) groups excluding carboxylic acids is 7. The predicted molar refractivity (Wildman–Crippen MR) is 292 cm³/mol. The Bertz CT molecular complexity index is 2450. The topological polar surface area (TPSA) is 230 Å². The zero-order chi connectivity index (χ0) is 57.3. The van der Waals surface area contributed by atoms with Gasteiger partial charge in [-0.3, -0.25) is 19.2 Å². The Morgan fingerprint density at radius 3 is 1.31 bits per heavy atom. The molecule has 2 fully saturated rings. The van der Waals surface area contributed by atoms with Crippen LogP contribution >= 0.6 is 0 Å². The van der Waals surface area contributed by atoms with Crippen molar-refractivity contribution in [1.29, 1.82) is 0 Å². The van der Waals surface area contributed by atoms with Crippen LogP contribution < -0.4 is 28.4 Å². The molecule has 19 heteroatoms. The Kier molecular flexibility index (Phi) is 28.9. The summed E-state index contributed by atoms with van der Waals surface area (Å²) < 4.78 is 66.1. The number of rotatable bonds is 36. The first kappa shape index (κ1) is 63.7. The van der Waals surface area contributed by atoms with E-state index in [2.05, 4.69) is 13.2 Å². The van der Waals surface area contributed by atoms with Crippen molar-refractivity contribution < 1.29 is 90.4 Å². The van der Waals surface area contributed by atoms with E-state index in [-0.39, 0.29) is 36.9 Å². The second-order valence-corrected chi connectivity index (χ2v) is 19.5. The summed E-state index contributed by atoms with van der Waals surface area (Å²) in [5.41, 5.74) is 0.675. The number of methoxy groups -OCH3 is 1. The minimum atomic E-state index is -0.834. The number of hydrogen-bond acceptors (Lipinski definition) is 19. The van der Waals surface area contributed by atoms with Crippen molar-refractivity contribution >= 4 is 41.8 Å². The summed E-state index contributed by atoms with van der Waals surface area (Å²) >= 11 is 0. The molecule has 3 aromatic rings. The maximum Gasteiger partial charge on any atom is 0.342 e. The van der Waals surface area contributed by atoms with Crippen LogP contribution in [0, 0.1) is 30.6 Å². The highest BCUT2D eigenvalue weighted by Gasteiger charge is 2.35. The maximum atomic E-state index is 13.7. The number of benzene rings is 3. The van der Waals surface area contributed by atoms with Crippen LogP contribution in [0.2, 0.25) is 0 Å². The van der Waals surface area contributed by atoms with Gasteiger partial charge < -0.3 is 56.8 Å². The van der Waals surface area contributed by atoms with Gasteiger partial charge in [0.2, 0.25) is 0 Å². The minimum absolute atomic E-state index is 0.0364. The lowest BCUT2D eigenvalue weighted by atomic mass is 9.82. The smallest absolute Gasteiger partial charge is 0.342 e. The standard InChI is InChI=1S/C61H78O19/c1-5-55(62)74-33-13-9-7-11-31-72-48-23-25-49(26-24-48)77-57(64)44-15-17-46(18-16-44)59(66)79-51-28-30-54(52(42-51)61(68)76-40-39-71-38-37-70-36-35-69-4)80-60(67)47-21-19-45(20-22-47)58(65)78-50-27-29-53(43(3)41-50)73-32-12-8-10-14-34-75-56(63)6-2/h5-6,23-30,41-42,44-47H,1-2,7-22,31-40H2,3-4H3. The molecule has 0 radical (unpaired) electrons. The molecule has 2 aliphatic carbocycles. The van der Waals surface area contributed by atoms with Gasteiger partial charge in [-0.25, -0.2) is 14.4 Å². The molecule has 0 aromatic heterocycles. The quantitative estimate of drug-likeness (QED) is 0.0173. The largest absolute Gasteiger partial charge is 0.494 e. The molecule has 80 heavy (non-hydrogen) atoms. The number of aryl methyl sites for hydroxylation is 1. The van der Waals surface area contributed by atoms with Gasteiger partial charge in [0, 0.05) is 19.3 Å². The van der Waals surface area contributed by atoms with Crippen molar-refractivity contribution in [3.05, 3.63) is 97.1 Å². The maximum absolute atomic E-state index is 13.7. The molecule has 0 atom stereocenters. The Hall–Kier alpha value is -7.09. The lowest BCUT2D eigenvalue weighted by molar-refractivity contribution is -0.145. The molecule has 0 bridgehead atoms. The molecule has 436 valence electrons. The van der Waals surface area contributed by atoms with Gasteiger partial charge in [-0.05, 0) is 176 Å². The molecule has 2 saturated carbocycles. The van der Waals surface area contributed by atoms with Crippen molar-refractivity contribution in [2.45, 2.75) is 110 Å². The summed E-state index contributed by atoms with van der Waals surface area (Å²) in [6, 6.07) is 16.1. The highest BCUT2D eigenvalue weighted by Crippen LogP contribution is 2.35. The van der Waals surface area contributed by atoms with Crippen LogP contribution in [0.25, 0.3) is 0 Å². The summed E-state index contributed by atoms with van der Waals surface area (Å²) in [5.74, 6) is -3.49. The molecule has 0 spiro atoms. The lowest BCUT2D eigenvalue weighted by Gasteiger charge is -2.26. The van der Waals surface area contributed by atoms with Gasteiger partial charge in [0.15, 0.2) is 0 Å². The zero-order valence-corrected chi connectivity index (χ0v) is 46.3. The summed E-state index contributed by atoms with van der Waals surface area (Å²) in [6.45, 7) is 11.8. The van der Waals surface area contributed by atoms with Gasteiger partial charge >= 0.3 is 41.8 Å². The van der Waals surface area contributed by atoms with E-state index in [0.29, 0.717) is 121 Å². The molecule has 0 unspecified atom stereocenters. The van der Waals surface area contributed by atoms with Gasteiger partial charge in [-0.15, -0.1) is 0 Å². The number of esters is 7. The van der Waals surface area contributed by atoms with E-state index >= 15 is 0 Å². The van der Waals surface area contributed by atoms with E-state index in [4.69, 9.17) is 56.8 Å². The van der Waals surface area contributed by atoms with Crippen molar-refractivity contribution in [3.63, 3.8) is 0 Å². The van der Waals surface area contributed by atoms with Crippen LogP contribution in [0.3, 0.4) is 0 Å². The van der Waals surface area contributed by atoms with E-state index in [1.54, 1.807) is 49.6 Å². The molecule has 0 heterocycles. The monoisotopic (exact) mass is 1110 g/mol. The molecular formula is C61H78O19. The second kappa shape index (κ2) is 36.2. The summed E-state index contributed by atoms with van der Waals surface area (Å²) in [6.07, 6.45) is 12.1. The number of ether oxygens (including phenoxy) is 12. The van der Waals surface area contributed by atoms with Gasteiger partial charge in [0.25, 0.3) is 0 Å². The van der Waals surface area contributed by atoms with Crippen molar-refractivity contribution in [2.24, 2.45) is 23.7 Å². The van der Waals surface area contributed by atoms with Crippen LogP contribution in [0.15, 0.2) is 86.0 Å². The van der Waals surface area contributed by atoms with Gasteiger partial charge in [0.05, 0.1) is 83.1 Å². The molecule has 3 aromatic carbocycles. The minimum Gasteiger partial charge on any atom is -0.494 e. The zero-order valence-electron chi connectivity index (χ0n) is 46.3. The normalized spacial score (nSPS) is 16.7. The first-order valence-electron chi connectivity index (χ1n) is 27.7. The second-order valence-electron chi connectivity index (χ2n) is 19.5. The van der Waals surface area contributed by atoms with E-state index in [9.17, 15) is 33.6 Å². The fourth-order valence-corrected chi connectivity index (χ4v) is 8.88. The van der Waals surface area contributed by atoms with Gasteiger partial charge in [0.1, 0.15) is 46.7 Å². The first-order chi connectivity index (χ1) is 38.9. The van der Waals surface area contributed by atoms with Crippen LogP contribution in [0.1, 0.15) is 119 Å². The summed E-state index contributed by atoms with van der Waals surface area (Å²) in [5, 5.41) is 0. The fraction of sp³-hybridized carbons (Fsp3) is 0.525. The van der Waals surface area contributed by atoms with E-state index in [1.807, 2.05) is 6.92 Å². The molecule has 5 rings (SSSR count). The van der Waals surface area contributed by atoms with Crippen LogP contribution in [0.5, 0.6) is 34.5 Å². The Labute approximate surface area is 468 Å². The lowest BCUT2D eigenvalue weighted by Crippen LogP contribution is -2.31. The highest BCUT2D eigenvalue weighted by molar-refractivity contribution is 5.94. The molecule has 0 amide bonds. The third-order valence-electron chi connectivity index (χ3n) is 13.5. The van der Waals surface area contributed by atoms with Gasteiger partial charge in [-0.1, -0.05) is 13.2 Å². The van der Waals surface area contributed by atoms with E-state index < -0.39 is 65.5 Å². The molecular weight excluding hydrogens is 1040 g/mol. The number of unbranched alkanes of at least 4 members (excludes halogenated alkanes) is 6. The summed E-state index contributed by atoms with van der Waals surface area (Å²) in [7, 11) is 1.57. The average molecular weight is 1120 g/mol. The third kappa shape index (κ3) is 23.3. The fourth-order valence-electron chi connectivity index (χ4n) is 8.88. The van der Waals surface area contributed by atoms with Crippen molar-refractivity contribution in [3.8, 4) is 34.5 Å². The molecule has 0 N–H and O–H groups in total. The Balaban J connectivity index is 1.07. The van der Waals surface area contributed by atoms with E-state index in [0.717, 1.165) is 69.1 Å². The molecule has 0 saturated heterocycles. The third-order valence-corrected chi connectivity index (χ3v) is 13.5. The molecule has 0 aliphatic heterocycles. The average Bonchev–Trinajstić information content (AvgIpc) is 3.48. The van der Waals surface area contributed by atoms with Gasteiger partial charge in [-0.2, -0.15) is 0 Å². The summed E-state index contributed by atoms with van der Waals surface area (Å²) in [4.78, 5) is 89.4. The molecule has 2 aliphatic rings. The SMILES string of the molecule is C=CC(=O)OCCCCCCOc1ccc(OC(=O)C2CCC(C(=O)Oc3ccc(OC(=O)C4CCC(C(=O)Oc5ccc(OCCCCCCOC(=O)C=C)c(C)c5)CC4)c(C(=O)OCCOCCOCCOC)c3)CC2)cc1. The number of carbonyl (C=O) groups is 7. The van der Waals surface area contributed by atoms with Crippen molar-refractivity contribution in [2.75, 3.05) is 73.2 Å².